The van der Waals surface area contributed by atoms with Crippen molar-refractivity contribution in [1.29, 1.82) is 0 Å². The van der Waals surface area contributed by atoms with E-state index in [-0.39, 0.29) is 29.2 Å². The van der Waals surface area contributed by atoms with Crippen molar-refractivity contribution >= 4 is 11.6 Å². The van der Waals surface area contributed by atoms with Crippen molar-refractivity contribution in [2.45, 2.75) is 19.4 Å². The number of aliphatic hydroxyl groups excluding tert-OH is 1. The van der Waals surface area contributed by atoms with Crippen molar-refractivity contribution in [3.05, 3.63) is 29.6 Å². The molecule has 0 spiro atoms. The van der Waals surface area contributed by atoms with Crippen molar-refractivity contribution < 1.29 is 14.3 Å². The summed E-state index contributed by atoms with van der Waals surface area (Å²) in [4.78, 5) is 14.0. The third kappa shape index (κ3) is 2.69. The largest absolute Gasteiger partial charge is 0.393 e. The van der Waals surface area contributed by atoms with Crippen molar-refractivity contribution in [2.75, 3.05) is 18.5 Å². The number of benzene rings is 1. The molecule has 1 aliphatic heterocycles. The van der Waals surface area contributed by atoms with E-state index in [0.717, 1.165) is 0 Å². The minimum Gasteiger partial charge on any atom is -0.393 e. The first-order chi connectivity index (χ1) is 9.04. The Hall–Kier alpha value is -1.66. The quantitative estimate of drug-likeness (QED) is 0.551. The Labute approximate surface area is 111 Å². The van der Waals surface area contributed by atoms with Gasteiger partial charge in [0.25, 0.3) is 5.91 Å². The molecule has 1 heterocycles. The molecule has 1 aromatic rings. The molecule has 1 aromatic carbocycles. The molecule has 0 aliphatic carbocycles. The minimum absolute atomic E-state index is 0.00581. The lowest BCUT2D eigenvalue weighted by Crippen LogP contribution is -2.45. The Morgan fingerprint density at radius 3 is 2.95 bits per heavy atom. The van der Waals surface area contributed by atoms with Crippen LogP contribution in [-0.4, -0.2) is 35.1 Å². The molecule has 1 fully saturated rings. The monoisotopic (exact) mass is 267 g/mol. The molecule has 0 bridgehead atoms. The third-order valence-corrected chi connectivity index (χ3v) is 3.54. The predicted octanol–water partition coefficient (Wildman–Crippen LogP) is 0.954. The summed E-state index contributed by atoms with van der Waals surface area (Å²) in [6.07, 6.45) is 0.150. The van der Waals surface area contributed by atoms with E-state index in [1.54, 1.807) is 4.90 Å². The number of aliphatic hydroxyl groups is 1. The number of nitrogens with two attached hydrogens (primary N) is 1. The van der Waals surface area contributed by atoms with Gasteiger partial charge in [0.1, 0.15) is 5.82 Å². The van der Waals surface area contributed by atoms with Gasteiger partial charge < -0.3 is 15.4 Å². The topological polar surface area (TPSA) is 78.6 Å². The van der Waals surface area contributed by atoms with Gasteiger partial charge in [-0.2, -0.15) is 0 Å². The number of halogens is 1. The van der Waals surface area contributed by atoms with Crippen LogP contribution in [0.25, 0.3) is 0 Å². The molecule has 4 N–H and O–H groups in total. The molecule has 1 aliphatic rings. The van der Waals surface area contributed by atoms with Crippen LogP contribution >= 0.6 is 0 Å². The van der Waals surface area contributed by atoms with Gasteiger partial charge >= 0.3 is 0 Å². The molecule has 2 atom stereocenters. The number of hydrogen-bond acceptors (Lipinski definition) is 4. The van der Waals surface area contributed by atoms with Gasteiger partial charge in [-0.1, -0.05) is 13.0 Å². The second-order valence-electron chi connectivity index (χ2n) is 4.89. The second kappa shape index (κ2) is 5.54. The molecular formula is C13H18FN3O2. The van der Waals surface area contributed by atoms with Crippen molar-refractivity contribution in [3.8, 4) is 0 Å². The highest BCUT2D eigenvalue weighted by Crippen LogP contribution is 2.23. The molecule has 0 saturated carbocycles. The Balaban J connectivity index is 2.23. The zero-order valence-corrected chi connectivity index (χ0v) is 10.8. The summed E-state index contributed by atoms with van der Waals surface area (Å²) in [5.41, 5.74) is 2.45. The standard InChI is InChI=1S/C13H18FN3O2/c1-8-7-17(6-5-11(8)18)13(19)9-3-2-4-10(14)12(9)16-15/h2-4,8,11,16,18H,5-7,15H2,1H3. The van der Waals surface area contributed by atoms with Gasteiger partial charge in [0, 0.05) is 13.1 Å². The van der Waals surface area contributed by atoms with Crippen LogP contribution in [0.3, 0.4) is 0 Å². The Bertz CT molecular complexity index is 481. The molecule has 1 amide bonds. The van der Waals surface area contributed by atoms with E-state index in [4.69, 9.17) is 5.84 Å². The average Bonchev–Trinajstić information content (AvgIpc) is 2.40. The lowest BCUT2D eigenvalue weighted by Gasteiger charge is -2.34. The van der Waals surface area contributed by atoms with Crippen LogP contribution in [-0.2, 0) is 0 Å². The van der Waals surface area contributed by atoms with Crippen LogP contribution in [0.15, 0.2) is 18.2 Å². The molecule has 6 heteroatoms. The Morgan fingerprint density at radius 2 is 2.32 bits per heavy atom. The van der Waals surface area contributed by atoms with Crippen molar-refractivity contribution in [2.24, 2.45) is 11.8 Å². The van der Waals surface area contributed by atoms with E-state index in [0.29, 0.717) is 19.5 Å². The molecule has 19 heavy (non-hydrogen) atoms. The summed E-state index contributed by atoms with van der Waals surface area (Å²) in [5.74, 6) is 4.45. The first kappa shape index (κ1) is 13.8. The van der Waals surface area contributed by atoms with Crippen LogP contribution in [0.4, 0.5) is 10.1 Å². The minimum atomic E-state index is -0.557. The van der Waals surface area contributed by atoms with Gasteiger partial charge in [0.2, 0.25) is 0 Å². The highest BCUT2D eigenvalue weighted by Gasteiger charge is 2.29. The summed E-state index contributed by atoms with van der Waals surface area (Å²) in [6.45, 7) is 2.81. The van der Waals surface area contributed by atoms with Gasteiger partial charge in [-0.3, -0.25) is 10.6 Å². The van der Waals surface area contributed by atoms with E-state index < -0.39 is 5.82 Å². The van der Waals surface area contributed by atoms with Crippen LogP contribution in [0, 0.1) is 11.7 Å². The molecule has 1 saturated heterocycles. The van der Waals surface area contributed by atoms with E-state index in [9.17, 15) is 14.3 Å². The number of para-hydroxylation sites is 1. The fourth-order valence-electron chi connectivity index (χ4n) is 2.34. The molecule has 104 valence electrons. The second-order valence-corrected chi connectivity index (χ2v) is 4.89. The normalized spacial score (nSPS) is 23.3. The van der Waals surface area contributed by atoms with Crippen LogP contribution < -0.4 is 11.3 Å². The number of nitrogen functional groups attached to an aromatic ring is 1. The maximum Gasteiger partial charge on any atom is 0.256 e. The Kier molecular flexibility index (Phi) is 4.01. The van der Waals surface area contributed by atoms with Gasteiger partial charge in [-0.15, -0.1) is 0 Å². The SMILES string of the molecule is CC1CN(C(=O)c2cccc(F)c2NN)CCC1O. The maximum atomic E-state index is 13.6. The molecule has 0 radical (unpaired) electrons. The highest BCUT2D eigenvalue weighted by atomic mass is 19.1. The fourth-order valence-corrected chi connectivity index (χ4v) is 2.34. The van der Waals surface area contributed by atoms with Crippen LogP contribution in [0.2, 0.25) is 0 Å². The molecule has 2 rings (SSSR count). The lowest BCUT2D eigenvalue weighted by molar-refractivity contribution is 0.0298. The number of hydrazine groups is 1. The summed E-state index contributed by atoms with van der Waals surface area (Å²) in [7, 11) is 0. The van der Waals surface area contributed by atoms with Gasteiger partial charge in [-0.25, -0.2) is 4.39 Å². The molecular weight excluding hydrogens is 249 g/mol. The number of anilines is 1. The van der Waals surface area contributed by atoms with E-state index in [1.807, 2.05) is 6.92 Å². The summed E-state index contributed by atoms with van der Waals surface area (Å²) in [6, 6.07) is 4.26. The number of carbonyl (C=O) groups is 1. The molecule has 2 unspecified atom stereocenters. The smallest absolute Gasteiger partial charge is 0.256 e. The zero-order valence-electron chi connectivity index (χ0n) is 10.8. The lowest BCUT2D eigenvalue weighted by atomic mass is 9.96. The first-order valence-corrected chi connectivity index (χ1v) is 6.27. The van der Waals surface area contributed by atoms with Gasteiger partial charge in [0.15, 0.2) is 0 Å². The molecule has 0 aromatic heterocycles. The maximum absolute atomic E-state index is 13.6. The van der Waals surface area contributed by atoms with Crippen LogP contribution in [0.1, 0.15) is 23.7 Å². The highest BCUT2D eigenvalue weighted by molar-refractivity contribution is 5.99. The number of nitrogens with one attached hydrogen (secondary N) is 1. The number of nitrogens with zero attached hydrogens (tertiary/aromatic N) is 1. The summed E-state index contributed by atoms with van der Waals surface area (Å²) in [5, 5.41) is 9.66. The molecule has 5 nitrogen and oxygen atoms in total. The number of rotatable bonds is 2. The number of likely N-dealkylation sites (tertiary alicyclic amines) is 1. The predicted molar refractivity (Wildman–Crippen MR) is 69.9 cm³/mol. The summed E-state index contributed by atoms with van der Waals surface area (Å²) >= 11 is 0. The number of hydrogen-bond donors (Lipinski definition) is 3. The van der Waals surface area contributed by atoms with Gasteiger partial charge in [-0.05, 0) is 24.5 Å². The third-order valence-electron chi connectivity index (χ3n) is 3.54. The zero-order chi connectivity index (χ0) is 14.0. The Morgan fingerprint density at radius 1 is 1.58 bits per heavy atom. The van der Waals surface area contributed by atoms with E-state index in [2.05, 4.69) is 5.43 Å². The van der Waals surface area contributed by atoms with E-state index in [1.165, 1.54) is 18.2 Å². The average molecular weight is 267 g/mol. The summed E-state index contributed by atoms with van der Waals surface area (Å²) < 4.78 is 13.6. The number of piperidine rings is 1. The van der Waals surface area contributed by atoms with Gasteiger partial charge in [0.05, 0.1) is 17.4 Å². The van der Waals surface area contributed by atoms with Crippen LogP contribution in [0.5, 0.6) is 0 Å². The van der Waals surface area contributed by atoms with Crippen molar-refractivity contribution in [3.63, 3.8) is 0 Å². The fraction of sp³-hybridized carbons (Fsp3) is 0.462. The number of carbonyl (C=O) groups excluding carboxylic acids is 1. The van der Waals surface area contributed by atoms with Crippen molar-refractivity contribution in [1.82, 2.24) is 4.90 Å². The first-order valence-electron chi connectivity index (χ1n) is 6.27. The number of amides is 1. The van der Waals surface area contributed by atoms with E-state index >= 15 is 0 Å².